The molecule has 1 amide bonds. The Hall–Kier alpha value is -2.81. The summed E-state index contributed by atoms with van der Waals surface area (Å²) in [5.74, 6) is 1.40. The van der Waals surface area contributed by atoms with E-state index >= 15 is 0 Å². The van der Waals surface area contributed by atoms with Gasteiger partial charge in [-0.1, -0.05) is 77.1 Å². The van der Waals surface area contributed by atoms with E-state index in [1.807, 2.05) is 37.4 Å². The number of hydrogen-bond donors (Lipinski definition) is 0. The van der Waals surface area contributed by atoms with Crippen molar-refractivity contribution < 1.29 is 9.21 Å². The Kier molecular flexibility index (Phi) is 6.74. The highest BCUT2D eigenvalue weighted by Gasteiger charge is 2.37. The van der Waals surface area contributed by atoms with Gasteiger partial charge in [-0.25, -0.2) is 0 Å². The van der Waals surface area contributed by atoms with E-state index in [-0.39, 0.29) is 28.7 Å². The molecule has 0 spiro atoms. The molecule has 1 aromatic heterocycles. The molecule has 0 fully saturated rings. The zero-order valence-corrected chi connectivity index (χ0v) is 22.7. The summed E-state index contributed by atoms with van der Waals surface area (Å²) in [6, 6.07) is 19.0. The minimum absolute atomic E-state index is 0.0481. The molecule has 3 aromatic rings. The lowest BCUT2D eigenvalue weighted by Gasteiger charge is -2.42. The van der Waals surface area contributed by atoms with E-state index < -0.39 is 0 Å². The van der Waals surface area contributed by atoms with Gasteiger partial charge in [0.2, 0.25) is 0 Å². The average Bonchev–Trinajstić information content (AvgIpc) is 3.30. The molecule has 0 saturated carbocycles. The number of furan rings is 1. The summed E-state index contributed by atoms with van der Waals surface area (Å²) in [7, 11) is 1.87. The maximum Gasteiger partial charge on any atom is 0.289 e. The van der Waals surface area contributed by atoms with Crippen molar-refractivity contribution in [3.05, 3.63) is 93.9 Å². The number of aryl methyl sites for hydroxylation is 1. The number of likely N-dealkylation sites (N-methyl/N-ethyl adjacent to an activating group) is 1. The van der Waals surface area contributed by atoms with Crippen LogP contribution in [0, 0.1) is 6.92 Å². The number of nitrogens with zero attached hydrogens (tertiary/aromatic N) is 1. The van der Waals surface area contributed by atoms with E-state index in [4.69, 9.17) is 4.42 Å². The van der Waals surface area contributed by atoms with Crippen molar-refractivity contribution in [1.82, 2.24) is 4.90 Å². The summed E-state index contributed by atoms with van der Waals surface area (Å²) in [6.07, 6.45) is 3.10. The Morgan fingerprint density at radius 3 is 2.17 bits per heavy atom. The first-order chi connectivity index (χ1) is 16.4. The molecule has 0 radical (unpaired) electrons. The van der Waals surface area contributed by atoms with Crippen molar-refractivity contribution in [2.24, 2.45) is 0 Å². The van der Waals surface area contributed by atoms with Crippen molar-refractivity contribution in [1.29, 1.82) is 0 Å². The van der Waals surface area contributed by atoms with Gasteiger partial charge in [0, 0.05) is 25.4 Å². The Morgan fingerprint density at radius 1 is 0.943 bits per heavy atom. The minimum atomic E-state index is -0.0726. The van der Waals surface area contributed by atoms with Crippen LogP contribution in [0.15, 0.2) is 59.0 Å². The average molecular weight is 472 g/mol. The van der Waals surface area contributed by atoms with Gasteiger partial charge in [-0.15, -0.1) is 0 Å². The van der Waals surface area contributed by atoms with Gasteiger partial charge >= 0.3 is 0 Å². The molecule has 3 nitrogen and oxygen atoms in total. The summed E-state index contributed by atoms with van der Waals surface area (Å²) < 4.78 is 6.11. The molecule has 4 rings (SSSR count). The second-order valence-electron chi connectivity index (χ2n) is 11.9. The molecule has 3 heteroatoms. The molecule has 1 aliphatic carbocycles. The van der Waals surface area contributed by atoms with Crippen LogP contribution in [0.3, 0.4) is 0 Å². The van der Waals surface area contributed by atoms with E-state index in [1.165, 1.54) is 40.7 Å². The molecule has 186 valence electrons. The van der Waals surface area contributed by atoms with Crippen molar-refractivity contribution >= 4 is 5.91 Å². The predicted molar refractivity (Wildman–Crippen MR) is 144 cm³/mol. The lowest BCUT2D eigenvalue weighted by atomic mass is 9.62. The van der Waals surface area contributed by atoms with Gasteiger partial charge < -0.3 is 9.32 Å². The van der Waals surface area contributed by atoms with Crippen LogP contribution in [0.4, 0.5) is 0 Å². The van der Waals surface area contributed by atoms with Gasteiger partial charge in [0.05, 0.1) is 0 Å². The van der Waals surface area contributed by atoms with E-state index in [2.05, 4.69) is 72.7 Å². The van der Waals surface area contributed by atoms with Crippen LogP contribution in [-0.4, -0.2) is 23.9 Å². The SMILES string of the molecule is Cc1cc2c(cc1Cc1ccc(C(=O)N(C)C(C)C(C)c3ccccc3)o1)C(C)(C)CCC2(C)C. The highest BCUT2D eigenvalue weighted by atomic mass is 16.4. The Labute approximate surface area is 211 Å². The zero-order chi connectivity index (χ0) is 25.5. The fourth-order valence-electron chi connectivity index (χ4n) is 5.46. The van der Waals surface area contributed by atoms with E-state index in [0.29, 0.717) is 12.2 Å². The van der Waals surface area contributed by atoms with E-state index in [0.717, 1.165) is 5.76 Å². The lowest BCUT2D eigenvalue weighted by Crippen LogP contribution is -2.38. The van der Waals surface area contributed by atoms with Crippen molar-refractivity contribution in [2.75, 3.05) is 7.05 Å². The maximum atomic E-state index is 13.2. The van der Waals surface area contributed by atoms with Crippen molar-refractivity contribution in [2.45, 2.75) is 90.5 Å². The molecule has 0 aliphatic heterocycles. The number of carbonyl (C=O) groups is 1. The minimum Gasteiger partial charge on any atom is -0.456 e. The second-order valence-corrected chi connectivity index (χ2v) is 11.9. The van der Waals surface area contributed by atoms with Crippen LogP contribution in [0.1, 0.15) is 104 Å². The standard InChI is InChI=1S/C32H41NO2/c1-21-18-27-28(32(6,7)17-16-31(27,4)5)20-25(21)19-26-14-15-29(35-26)30(34)33(8)23(3)22(2)24-12-10-9-11-13-24/h9-15,18,20,22-23H,16-17,19H2,1-8H3. The van der Waals surface area contributed by atoms with Crippen molar-refractivity contribution in [3.8, 4) is 0 Å². The molecular weight excluding hydrogens is 430 g/mol. The number of hydrogen-bond acceptors (Lipinski definition) is 2. The third-order valence-corrected chi connectivity index (χ3v) is 8.53. The van der Waals surface area contributed by atoms with Crippen LogP contribution in [-0.2, 0) is 17.3 Å². The van der Waals surface area contributed by atoms with Crippen LogP contribution in [0.2, 0.25) is 0 Å². The van der Waals surface area contributed by atoms with Gasteiger partial charge in [0.25, 0.3) is 5.91 Å². The topological polar surface area (TPSA) is 33.5 Å². The summed E-state index contributed by atoms with van der Waals surface area (Å²) in [4.78, 5) is 15.0. The third kappa shape index (κ3) is 4.96. The predicted octanol–water partition coefficient (Wildman–Crippen LogP) is 7.79. The number of fused-ring (bicyclic) bond motifs is 1. The fraction of sp³-hybridized carbons (Fsp3) is 0.469. The summed E-state index contributed by atoms with van der Waals surface area (Å²) in [5, 5.41) is 0. The third-order valence-electron chi connectivity index (χ3n) is 8.53. The molecule has 0 bridgehead atoms. The number of benzene rings is 2. The quantitative estimate of drug-likeness (QED) is 0.367. The van der Waals surface area contributed by atoms with Crippen LogP contribution in [0.25, 0.3) is 0 Å². The molecule has 2 aromatic carbocycles. The fourth-order valence-corrected chi connectivity index (χ4v) is 5.46. The largest absolute Gasteiger partial charge is 0.456 e. The van der Waals surface area contributed by atoms with E-state index in [9.17, 15) is 4.79 Å². The molecule has 0 saturated heterocycles. The summed E-state index contributed by atoms with van der Waals surface area (Å²) in [5.41, 5.74) is 7.12. The molecule has 2 unspecified atom stereocenters. The van der Waals surface area contributed by atoms with Gasteiger partial charge in [-0.05, 0) is 77.5 Å². The first-order valence-corrected chi connectivity index (χ1v) is 13.0. The number of carbonyl (C=O) groups excluding carboxylic acids is 1. The van der Waals surface area contributed by atoms with Crippen LogP contribution in [0.5, 0.6) is 0 Å². The number of amides is 1. The molecule has 1 heterocycles. The summed E-state index contributed by atoms with van der Waals surface area (Å²) >= 11 is 0. The second kappa shape index (κ2) is 9.33. The van der Waals surface area contributed by atoms with Crippen LogP contribution >= 0.6 is 0 Å². The Bertz CT molecular complexity index is 1200. The first kappa shape index (κ1) is 25.3. The van der Waals surface area contributed by atoms with Gasteiger partial charge in [-0.3, -0.25) is 4.79 Å². The summed E-state index contributed by atoms with van der Waals surface area (Å²) in [6.45, 7) is 15.9. The van der Waals surface area contributed by atoms with Gasteiger partial charge in [0.15, 0.2) is 5.76 Å². The van der Waals surface area contributed by atoms with Crippen LogP contribution < -0.4 is 0 Å². The smallest absolute Gasteiger partial charge is 0.289 e. The maximum absolute atomic E-state index is 13.2. The highest BCUT2D eigenvalue weighted by molar-refractivity contribution is 5.91. The molecule has 35 heavy (non-hydrogen) atoms. The Balaban J connectivity index is 1.53. The Morgan fingerprint density at radius 2 is 1.54 bits per heavy atom. The number of rotatable bonds is 6. The highest BCUT2D eigenvalue weighted by Crippen LogP contribution is 2.46. The van der Waals surface area contributed by atoms with Gasteiger partial charge in [-0.2, -0.15) is 0 Å². The van der Waals surface area contributed by atoms with E-state index in [1.54, 1.807) is 4.90 Å². The first-order valence-electron chi connectivity index (χ1n) is 13.0. The van der Waals surface area contributed by atoms with Gasteiger partial charge in [0.1, 0.15) is 5.76 Å². The molecule has 1 aliphatic rings. The molecule has 2 atom stereocenters. The molecular formula is C32H41NO2. The normalized spacial score (nSPS) is 17.9. The lowest BCUT2D eigenvalue weighted by molar-refractivity contribution is 0.0692. The molecule has 0 N–H and O–H groups in total. The van der Waals surface area contributed by atoms with Crippen molar-refractivity contribution in [3.63, 3.8) is 0 Å². The zero-order valence-electron chi connectivity index (χ0n) is 22.7. The monoisotopic (exact) mass is 471 g/mol.